The van der Waals surface area contributed by atoms with Crippen LogP contribution in [0.2, 0.25) is 0 Å². The lowest BCUT2D eigenvalue weighted by molar-refractivity contribution is -0.116. The highest BCUT2D eigenvalue weighted by atomic mass is 16.5. The Morgan fingerprint density at radius 3 is 2.66 bits per heavy atom. The number of imidazole rings is 1. The van der Waals surface area contributed by atoms with E-state index in [9.17, 15) is 4.79 Å². The Hall–Kier alpha value is -3.08. The third-order valence-corrected chi connectivity index (χ3v) is 5.00. The van der Waals surface area contributed by atoms with Gasteiger partial charge in [0, 0.05) is 19.5 Å². The number of ether oxygens (including phenoxy) is 1. The molecule has 1 aromatic heterocycles. The number of nitrogens with zero attached hydrogens (tertiary/aromatic N) is 2. The zero-order valence-electron chi connectivity index (χ0n) is 17.3. The van der Waals surface area contributed by atoms with Gasteiger partial charge in [0.15, 0.2) is 0 Å². The summed E-state index contributed by atoms with van der Waals surface area (Å²) in [5.41, 5.74) is 4.47. The van der Waals surface area contributed by atoms with Gasteiger partial charge in [-0.1, -0.05) is 36.9 Å². The number of hydrogen-bond acceptors (Lipinski definition) is 3. The standard InChI is InChI=1S/C24H29N3O2/c1-4-23(28)25-15-14-22-26-20-12-5-6-13-21(20)27(22)16-7-8-17-29-24-18(2)10-9-11-19(24)3/h4-6,9-13H,1,7-8,14-17H2,2-3H3,(H,25,28). The van der Waals surface area contributed by atoms with Crippen molar-refractivity contribution in [2.24, 2.45) is 0 Å². The van der Waals surface area contributed by atoms with E-state index in [2.05, 4.69) is 54.6 Å². The van der Waals surface area contributed by atoms with Crippen molar-refractivity contribution in [1.29, 1.82) is 0 Å². The highest BCUT2D eigenvalue weighted by Crippen LogP contribution is 2.23. The number of aryl methyl sites for hydroxylation is 3. The predicted octanol–water partition coefficient (Wildman–Crippen LogP) is 4.36. The molecule has 2 aromatic carbocycles. The van der Waals surface area contributed by atoms with Crippen LogP contribution in [0, 0.1) is 13.8 Å². The lowest BCUT2D eigenvalue weighted by Crippen LogP contribution is -2.24. The normalized spacial score (nSPS) is 10.8. The quantitative estimate of drug-likeness (QED) is 0.413. The van der Waals surface area contributed by atoms with Crippen LogP contribution in [0.25, 0.3) is 11.0 Å². The molecular formula is C24H29N3O2. The Morgan fingerprint density at radius 2 is 1.90 bits per heavy atom. The summed E-state index contributed by atoms with van der Waals surface area (Å²) in [7, 11) is 0. The number of rotatable bonds is 10. The summed E-state index contributed by atoms with van der Waals surface area (Å²) in [6.45, 7) is 9.77. The van der Waals surface area contributed by atoms with Crippen molar-refractivity contribution >= 4 is 16.9 Å². The molecule has 1 N–H and O–H groups in total. The number of fused-ring (bicyclic) bond motifs is 1. The third kappa shape index (κ3) is 5.25. The number of aromatic nitrogens is 2. The van der Waals surface area contributed by atoms with Gasteiger partial charge in [0.25, 0.3) is 0 Å². The molecule has 0 aliphatic heterocycles. The van der Waals surface area contributed by atoms with Gasteiger partial charge in [-0.2, -0.15) is 0 Å². The second-order valence-electron chi connectivity index (χ2n) is 7.19. The maximum absolute atomic E-state index is 11.4. The monoisotopic (exact) mass is 391 g/mol. The van der Waals surface area contributed by atoms with E-state index in [0.717, 1.165) is 42.0 Å². The van der Waals surface area contributed by atoms with Crippen molar-refractivity contribution in [2.45, 2.75) is 39.7 Å². The number of benzene rings is 2. The topological polar surface area (TPSA) is 56.2 Å². The highest BCUT2D eigenvalue weighted by Gasteiger charge is 2.10. The van der Waals surface area contributed by atoms with Gasteiger partial charge >= 0.3 is 0 Å². The van der Waals surface area contributed by atoms with Gasteiger partial charge in [-0.25, -0.2) is 4.98 Å². The molecule has 3 aromatic rings. The summed E-state index contributed by atoms with van der Waals surface area (Å²) in [6, 6.07) is 14.4. The number of nitrogens with one attached hydrogen (secondary N) is 1. The van der Waals surface area contributed by atoms with Crippen LogP contribution in [0.1, 0.15) is 29.8 Å². The first-order chi connectivity index (χ1) is 14.1. The largest absolute Gasteiger partial charge is 0.493 e. The minimum atomic E-state index is -0.156. The van der Waals surface area contributed by atoms with Gasteiger partial charge in [-0.05, 0) is 56.0 Å². The van der Waals surface area contributed by atoms with Crippen LogP contribution >= 0.6 is 0 Å². The van der Waals surface area contributed by atoms with Crippen LogP contribution in [0.5, 0.6) is 5.75 Å². The zero-order chi connectivity index (χ0) is 20.6. The van der Waals surface area contributed by atoms with E-state index in [0.29, 0.717) is 19.6 Å². The Balaban J connectivity index is 1.59. The molecule has 5 nitrogen and oxygen atoms in total. The average molecular weight is 392 g/mol. The zero-order valence-corrected chi connectivity index (χ0v) is 17.3. The number of unbranched alkanes of at least 4 members (excludes halogenated alkanes) is 1. The molecule has 0 aliphatic rings. The Labute approximate surface area is 172 Å². The molecular weight excluding hydrogens is 362 g/mol. The molecule has 152 valence electrons. The molecule has 1 heterocycles. The Morgan fingerprint density at radius 1 is 1.14 bits per heavy atom. The van der Waals surface area contributed by atoms with E-state index in [1.54, 1.807) is 0 Å². The smallest absolute Gasteiger partial charge is 0.243 e. The van der Waals surface area contributed by atoms with Gasteiger partial charge in [-0.15, -0.1) is 0 Å². The molecule has 0 fully saturated rings. The van der Waals surface area contributed by atoms with Crippen molar-refractivity contribution in [3.63, 3.8) is 0 Å². The first-order valence-corrected chi connectivity index (χ1v) is 10.1. The lowest BCUT2D eigenvalue weighted by atomic mass is 10.1. The van der Waals surface area contributed by atoms with Crippen LogP contribution in [0.3, 0.4) is 0 Å². The van der Waals surface area contributed by atoms with Crippen LogP contribution in [-0.4, -0.2) is 28.6 Å². The van der Waals surface area contributed by atoms with E-state index < -0.39 is 0 Å². The first-order valence-electron chi connectivity index (χ1n) is 10.1. The van der Waals surface area contributed by atoms with E-state index in [1.165, 1.54) is 17.2 Å². The molecule has 3 rings (SSSR count). The summed E-state index contributed by atoms with van der Waals surface area (Å²) in [4.78, 5) is 16.2. The predicted molar refractivity (Wildman–Crippen MR) is 117 cm³/mol. The van der Waals surface area contributed by atoms with Gasteiger partial charge in [0.1, 0.15) is 11.6 Å². The second kappa shape index (κ2) is 9.92. The minimum absolute atomic E-state index is 0.156. The maximum atomic E-state index is 11.4. The highest BCUT2D eigenvalue weighted by molar-refractivity contribution is 5.86. The Bertz CT molecular complexity index is 971. The van der Waals surface area contributed by atoms with Gasteiger partial charge in [0.2, 0.25) is 5.91 Å². The molecule has 0 saturated carbocycles. The average Bonchev–Trinajstić information content (AvgIpc) is 3.07. The van der Waals surface area contributed by atoms with Crippen molar-refractivity contribution in [3.05, 3.63) is 72.1 Å². The van der Waals surface area contributed by atoms with Crippen LogP contribution in [0.15, 0.2) is 55.1 Å². The first kappa shape index (κ1) is 20.6. The minimum Gasteiger partial charge on any atom is -0.493 e. The van der Waals surface area contributed by atoms with E-state index in [1.807, 2.05) is 18.2 Å². The van der Waals surface area contributed by atoms with Crippen molar-refractivity contribution in [3.8, 4) is 5.75 Å². The van der Waals surface area contributed by atoms with Crippen molar-refractivity contribution < 1.29 is 9.53 Å². The molecule has 0 unspecified atom stereocenters. The summed E-state index contributed by atoms with van der Waals surface area (Å²) in [6.07, 6.45) is 3.94. The number of hydrogen-bond donors (Lipinski definition) is 1. The van der Waals surface area contributed by atoms with Crippen LogP contribution in [0.4, 0.5) is 0 Å². The lowest BCUT2D eigenvalue weighted by Gasteiger charge is -2.13. The molecule has 0 atom stereocenters. The summed E-state index contributed by atoms with van der Waals surface area (Å²) in [5, 5.41) is 2.83. The molecule has 0 bridgehead atoms. The molecule has 0 radical (unpaired) electrons. The molecule has 1 amide bonds. The van der Waals surface area contributed by atoms with E-state index >= 15 is 0 Å². The summed E-state index contributed by atoms with van der Waals surface area (Å²) >= 11 is 0. The molecule has 0 aliphatic carbocycles. The molecule has 0 saturated heterocycles. The van der Waals surface area contributed by atoms with Gasteiger partial charge in [0.05, 0.1) is 17.6 Å². The fourth-order valence-electron chi connectivity index (χ4n) is 3.51. The van der Waals surface area contributed by atoms with Crippen LogP contribution in [-0.2, 0) is 17.8 Å². The van der Waals surface area contributed by atoms with Gasteiger partial charge < -0.3 is 14.6 Å². The summed E-state index contributed by atoms with van der Waals surface area (Å²) < 4.78 is 8.28. The molecule has 0 spiro atoms. The second-order valence-corrected chi connectivity index (χ2v) is 7.19. The number of para-hydroxylation sites is 3. The fraction of sp³-hybridized carbons (Fsp3) is 0.333. The number of carbonyl (C=O) groups is 1. The Kier molecular flexibility index (Phi) is 7.06. The molecule has 5 heteroatoms. The number of amides is 1. The maximum Gasteiger partial charge on any atom is 0.243 e. The van der Waals surface area contributed by atoms with Gasteiger partial charge in [-0.3, -0.25) is 4.79 Å². The van der Waals surface area contributed by atoms with Crippen LogP contribution < -0.4 is 10.1 Å². The molecule has 29 heavy (non-hydrogen) atoms. The fourth-order valence-corrected chi connectivity index (χ4v) is 3.51. The van der Waals surface area contributed by atoms with Crippen molar-refractivity contribution in [1.82, 2.24) is 14.9 Å². The van der Waals surface area contributed by atoms with E-state index in [4.69, 9.17) is 9.72 Å². The SMILES string of the molecule is C=CC(=O)NCCc1nc2ccccc2n1CCCCOc1c(C)cccc1C. The summed E-state index contributed by atoms with van der Waals surface area (Å²) in [5.74, 6) is 1.83. The third-order valence-electron chi connectivity index (χ3n) is 5.00. The number of carbonyl (C=O) groups excluding carboxylic acids is 1. The van der Waals surface area contributed by atoms with Crippen molar-refractivity contribution in [2.75, 3.05) is 13.2 Å². The van der Waals surface area contributed by atoms with E-state index in [-0.39, 0.29) is 5.91 Å².